The summed E-state index contributed by atoms with van der Waals surface area (Å²) in [6.45, 7) is 0. The number of nitrogens with one attached hydrogen (secondary N) is 1. The molecule has 0 amide bonds. The third kappa shape index (κ3) is 3.07. The van der Waals surface area contributed by atoms with Crippen molar-refractivity contribution in [3.8, 4) is 0 Å². The molecule has 0 saturated heterocycles. The highest BCUT2D eigenvalue weighted by atomic mass is 32.2. The molecule has 0 spiro atoms. The van der Waals surface area contributed by atoms with Crippen LogP contribution in [-0.2, 0) is 4.79 Å². The van der Waals surface area contributed by atoms with Crippen LogP contribution in [0.2, 0.25) is 0 Å². The van der Waals surface area contributed by atoms with E-state index in [1.54, 1.807) is 0 Å². The molecule has 3 N–H and O–H groups in total. The summed E-state index contributed by atoms with van der Waals surface area (Å²) in [5, 5.41) is 0.799. The maximum atomic E-state index is 10.1. The Kier molecular flexibility index (Phi) is 4.86. The van der Waals surface area contributed by atoms with Crippen LogP contribution < -0.4 is 5.73 Å². The molecule has 0 saturated carbocycles. The van der Waals surface area contributed by atoms with Gasteiger partial charge in [-0.1, -0.05) is 23.9 Å². The molecular formula is C10H13N3OS. The number of nitrogens with two attached hydrogens (primary N) is 1. The first-order valence-corrected chi connectivity index (χ1v) is 5.47. The summed E-state index contributed by atoms with van der Waals surface area (Å²) in [7, 11) is 1.50. The van der Waals surface area contributed by atoms with Gasteiger partial charge in [0, 0.05) is 0 Å². The topological polar surface area (TPSA) is 71.8 Å². The Hall–Kier alpha value is -1.33. The number of carbonyl (C=O) groups is 1. The Morgan fingerprint density at radius 1 is 1.47 bits per heavy atom. The van der Waals surface area contributed by atoms with Crippen LogP contribution in [0.4, 0.5) is 0 Å². The molecule has 0 aliphatic carbocycles. The highest BCUT2D eigenvalue weighted by Gasteiger charge is 2.00. The summed E-state index contributed by atoms with van der Waals surface area (Å²) in [5.74, 6) is 0.444. The molecule has 80 valence electrons. The molecule has 0 aliphatic rings. The lowest BCUT2D eigenvalue weighted by Crippen LogP contribution is -1.79. The number of hydrogen-bond donors (Lipinski definition) is 2. The van der Waals surface area contributed by atoms with Crippen molar-refractivity contribution in [2.75, 3.05) is 12.8 Å². The SMILES string of the molecule is CN.O=CCSc1nc2ccccc2[nH]1. The molecule has 4 nitrogen and oxygen atoms in total. The number of H-pyrrole nitrogens is 1. The Balaban J connectivity index is 0.000000531. The minimum Gasteiger partial charge on any atom is -0.333 e. The first-order chi connectivity index (χ1) is 7.40. The normalized spacial score (nSPS) is 9.47. The van der Waals surface area contributed by atoms with Crippen molar-refractivity contribution in [3.63, 3.8) is 0 Å². The van der Waals surface area contributed by atoms with Gasteiger partial charge < -0.3 is 15.5 Å². The van der Waals surface area contributed by atoms with E-state index in [1.807, 2.05) is 24.3 Å². The summed E-state index contributed by atoms with van der Waals surface area (Å²) >= 11 is 1.41. The molecule has 15 heavy (non-hydrogen) atoms. The van der Waals surface area contributed by atoms with Crippen LogP contribution in [0.5, 0.6) is 0 Å². The van der Waals surface area contributed by atoms with Crippen molar-refractivity contribution in [2.24, 2.45) is 5.73 Å². The van der Waals surface area contributed by atoms with Gasteiger partial charge in [0.05, 0.1) is 16.8 Å². The Morgan fingerprint density at radius 2 is 2.20 bits per heavy atom. The van der Waals surface area contributed by atoms with Crippen LogP contribution in [-0.4, -0.2) is 29.1 Å². The lowest BCUT2D eigenvalue weighted by molar-refractivity contribution is -0.105. The van der Waals surface area contributed by atoms with E-state index in [-0.39, 0.29) is 0 Å². The van der Waals surface area contributed by atoms with E-state index in [9.17, 15) is 4.79 Å². The molecular weight excluding hydrogens is 210 g/mol. The maximum Gasteiger partial charge on any atom is 0.166 e. The van der Waals surface area contributed by atoms with Gasteiger partial charge in [0.15, 0.2) is 5.16 Å². The number of nitrogens with zero attached hydrogens (tertiary/aromatic N) is 1. The number of aromatic amines is 1. The molecule has 0 radical (unpaired) electrons. The van der Waals surface area contributed by atoms with Crippen LogP contribution in [0.15, 0.2) is 29.4 Å². The van der Waals surface area contributed by atoms with Crippen molar-refractivity contribution < 1.29 is 4.79 Å². The number of para-hydroxylation sites is 2. The van der Waals surface area contributed by atoms with Gasteiger partial charge in [0.1, 0.15) is 6.29 Å². The zero-order valence-corrected chi connectivity index (χ0v) is 9.25. The number of aromatic nitrogens is 2. The van der Waals surface area contributed by atoms with Gasteiger partial charge in [-0.3, -0.25) is 0 Å². The quantitative estimate of drug-likeness (QED) is 0.610. The number of benzene rings is 1. The molecule has 0 aliphatic heterocycles. The predicted octanol–water partition coefficient (Wildman–Crippen LogP) is 1.43. The van der Waals surface area contributed by atoms with Crippen LogP contribution in [0.3, 0.4) is 0 Å². The van der Waals surface area contributed by atoms with Gasteiger partial charge in [0.25, 0.3) is 0 Å². The summed E-state index contributed by atoms with van der Waals surface area (Å²) in [4.78, 5) is 17.6. The van der Waals surface area contributed by atoms with Gasteiger partial charge in [-0.15, -0.1) is 0 Å². The smallest absolute Gasteiger partial charge is 0.166 e. The first-order valence-electron chi connectivity index (χ1n) is 4.49. The van der Waals surface area contributed by atoms with E-state index in [0.717, 1.165) is 22.5 Å². The molecule has 5 heteroatoms. The van der Waals surface area contributed by atoms with Crippen molar-refractivity contribution >= 4 is 29.1 Å². The van der Waals surface area contributed by atoms with E-state index < -0.39 is 0 Å². The standard InChI is InChI=1S/C9H8N2OS.CH5N/c12-5-6-13-9-10-7-3-1-2-4-8(7)11-9;1-2/h1-5H,6H2,(H,10,11);2H2,1H3. The van der Waals surface area contributed by atoms with Crippen LogP contribution in [0.1, 0.15) is 0 Å². The van der Waals surface area contributed by atoms with Gasteiger partial charge >= 0.3 is 0 Å². The molecule has 2 aromatic rings. The molecule has 1 aromatic heterocycles. The third-order valence-corrected chi connectivity index (χ3v) is 2.43. The van der Waals surface area contributed by atoms with Gasteiger partial charge in [-0.05, 0) is 19.2 Å². The van der Waals surface area contributed by atoms with Crippen molar-refractivity contribution in [1.29, 1.82) is 0 Å². The number of hydrogen-bond acceptors (Lipinski definition) is 4. The number of aldehydes is 1. The van der Waals surface area contributed by atoms with Crippen molar-refractivity contribution in [1.82, 2.24) is 9.97 Å². The summed E-state index contributed by atoms with van der Waals surface area (Å²) in [5.41, 5.74) is 6.45. The van der Waals surface area contributed by atoms with Crippen LogP contribution in [0.25, 0.3) is 11.0 Å². The number of carbonyl (C=O) groups excluding carboxylic acids is 1. The number of rotatable bonds is 3. The second-order valence-electron chi connectivity index (χ2n) is 2.54. The molecule has 0 atom stereocenters. The molecule has 0 bridgehead atoms. The van der Waals surface area contributed by atoms with Gasteiger partial charge in [-0.2, -0.15) is 0 Å². The molecule has 0 fully saturated rings. The van der Waals surface area contributed by atoms with Crippen LogP contribution >= 0.6 is 11.8 Å². The average Bonchev–Trinajstić information content (AvgIpc) is 2.71. The highest BCUT2D eigenvalue weighted by molar-refractivity contribution is 7.99. The number of imidazole rings is 1. The second kappa shape index (κ2) is 6.21. The predicted molar refractivity (Wildman–Crippen MR) is 63.0 cm³/mol. The largest absolute Gasteiger partial charge is 0.333 e. The van der Waals surface area contributed by atoms with Crippen molar-refractivity contribution in [2.45, 2.75) is 5.16 Å². The Bertz CT molecular complexity index is 394. The van der Waals surface area contributed by atoms with Crippen LogP contribution in [0, 0.1) is 0 Å². The summed E-state index contributed by atoms with van der Waals surface area (Å²) in [6.07, 6.45) is 0.873. The van der Waals surface area contributed by atoms with Crippen molar-refractivity contribution in [3.05, 3.63) is 24.3 Å². The van der Waals surface area contributed by atoms with E-state index in [4.69, 9.17) is 0 Å². The minimum atomic E-state index is 0.444. The number of thioether (sulfide) groups is 1. The van der Waals surface area contributed by atoms with Gasteiger partial charge in [-0.25, -0.2) is 4.98 Å². The number of fused-ring (bicyclic) bond motifs is 1. The second-order valence-corrected chi connectivity index (χ2v) is 3.55. The monoisotopic (exact) mass is 223 g/mol. The fourth-order valence-electron chi connectivity index (χ4n) is 1.11. The molecule has 2 rings (SSSR count). The van der Waals surface area contributed by atoms with E-state index in [2.05, 4.69) is 15.7 Å². The Morgan fingerprint density at radius 3 is 2.87 bits per heavy atom. The van der Waals surface area contributed by atoms with E-state index in [1.165, 1.54) is 18.8 Å². The Labute approximate surface area is 92.3 Å². The highest BCUT2D eigenvalue weighted by Crippen LogP contribution is 2.17. The lowest BCUT2D eigenvalue weighted by Gasteiger charge is -1.86. The third-order valence-electron chi connectivity index (χ3n) is 1.66. The maximum absolute atomic E-state index is 10.1. The minimum absolute atomic E-state index is 0.444. The fourth-order valence-corrected chi connectivity index (χ4v) is 1.68. The first kappa shape index (κ1) is 11.7. The summed E-state index contributed by atoms with van der Waals surface area (Å²) in [6, 6.07) is 7.80. The average molecular weight is 223 g/mol. The van der Waals surface area contributed by atoms with E-state index >= 15 is 0 Å². The fraction of sp³-hybridized carbons (Fsp3) is 0.200. The lowest BCUT2D eigenvalue weighted by atomic mass is 10.3. The zero-order valence-electron chi connectivity index (χ0n) is 8.43. The molecule has 1 aromatic carbocycles. The zero-order chi connectivity index (χ0) is 11.1. The van der Waals surface area contributed by atoms with Gasteiger partial charge in [0.2, 0.25) is 0 Å². The molecule has 0 unspecified atom stereocenters. The van der Waals surface area contributed by atoms with E-state index in [0.29, 0.717) is 5.75 Å². The summed E-state index contributed by atoms with van der Waals surface area (Å²) < 4.78 is 0. The molecule has 1 heterocycles.